The number of likely N-dealkylation sites (N-methyl/N-ethyl adjacent to an activating group) is 1. The third-order valence-corrected chi connectivity index (χ3v) is 5.20. The highest BCUT2D eigenvalue weighted by molar-refractivity contribution is 7.92. The summed E-state index contributed by atoms with van der Waals surface area (Å²) in [6.45, 7) is 1.61. The van der Waals surface area contributed by atoms with Crippen LogP contribution in [0.5, 0.6) is 0 Å². The van der Waals surface area contributed by atoms with Crippen molar-refractivity contribution in [1.29, 1.82) is 0 Å². The highest BCUT2D eigenvalue weighted by atomic mass is 35.5. The van der Waals surface area contributed by atoms with Crippen molar-refractivity contribution >= 4 is 44.7 Å². The number of hydrogen-bond donors (Lipinski definition) is 2. The van der Waals surface area contributed by atoms with Crippen LogP contribution in [0.3, 0.4) is 0 Å². The molecule has 130 valence electrons. The molecule has 1 aromatic carbocycles. The molecule has 2 aromatic rings. The maximum Gasteiger partial charge on any atom is 0.261 e. The van der Waals surface area contributed by atoms with Crippen molar-refractivity contribution in [3.05, 3.63) is 46.6 Å². The lowest BCUT2D eigenvalue weighted by molar-refractivity contribution is 0.425. The van der Waals surface area contributed by atoms with Gasteiger partial charge in [-0.2, -0.15) is 0 Å². The minimum Gasteiger partial charge on any atom is -0.369 e. The largest absolute Gasteiger partial charge is 0.369 e. The third-order valence-electron chi connectivity index (χ3n) is 3.08. The predicted octanol–water partition coefficient (Wildman–Crippen LogP) is 3.16. The number of sulfonamides is 1. The first kappa shape index (κ1) is 18.8. The Labute approximate surface area is 151 Å². The number of rotatable bonds is 7. The maximum absolute atomic E-state index is 12.3. The molecule has 0 aliphatic rings. The second-order valence-electron chi connectivity index (χ2n) is 5.34. The van der Waals surface area contributed by atoms with Crippen LogP contribution in [0.2, 0.25) is 10.0 Å². The summed E-state index contributed by atoms with van der Waals surface area (Å²) in [4.78, 5) is 6.26. The number of halogens is 2. The minimum absolute atomic E-state index is 0.0325. The van der Waals surface area contributed by atoms with Gasteiger partial charge in [-0.3, -0.25) is 4.72 Å². The van der Waals surface area contributed by atoms with Crippen molar-refractivity contribution in [1.82, 2.24) is 9.88 Å². The average molecular weight is 389 g/mol. The van der Waals surface area contributed by atoms with Gasteiger partial charge >= 0.3 is 0 Å². The van der Waals surface area contributed by atoms with Crippen molar-refractivity contribution in [2.24, 2.45) is 0 Å². The standard InChI is InChI=1S/C15H18Cl2N4O2S/c1-21(2)8-7-18-15-6-3-11(10-19-15)20-24(22,23)12-4-5-13(16)14(17)9-12/h3-6,9-10,20H,7-8H2,1-2H3,(H,18,19). The SMILES string of the molecule is CN(C)CCNc1ccc(NS(=O)(=O)c2ccc(Cl)c(Cl)c2)cn1. The topological polar surface area (TPSA) is 74.3 Å². The summed E-state index contributed by atoms with van der Waals surface area (Å²) in [7, 11) is 0.211. The fourth-order valence-electron chi connectivity index (χ4n) is 1.82. The van der Waals surface area contributed by atoms with Gasteiger partial charge in [-0.25, -0.2) is 13.4 Å². The first-order chi connectivity index (χ1) is 11.3. The van der Waals surface area contributed by atoms with Crippen LogP contribution in [0.25, 0.3) is 0 Å². The molecule has 0 spiro atoms. The van der Waals surface area contributed by atoms with E-state index in [9.17, 15) is 8.42 Å². The molecule has 9 heteroatoms. The zero-order valence-corrected chi connectivity index (χ0v) is 15.6. The van der Waals surface area contributed by atoms with Gasteiger partial charge in [-0.05, 0) is 44.4 Å². The zero-order chi connectivity index (χ0) is 17.7. The lowest BCUT2D eigenvalue weighted by atomic mass is 10.4. The van der Waals surface area contributed by atoms with Crippen LogP contribution in [0.1, 0.15) is 0 Å². The summed E-state index contributed by atoms with van der Waals surface area (Å²) in [5, 5.41) is 3.62. The molecule has 0 saturated carbocycles. The molecule has 0 radical (unpaired) electrons. The highest BCUT2D eigenvalue weighted by Crippen LogP contribution is 2.26. The Morgan fingerprint density at radius 3 is 2.46 bits per heavy atom. The van der Waals surface area contributed by atoms with Gasteiger partial charge in [0.25, 0.3) is 10.0 Å². The van der Waals surface area contributed by atoms with E-state index in [1.165, 1.54) is 24.4 Å². The van der Waals surface area contributed by atoms with Crippen molar-refractivity contribution < 1.29 is 8.42 Å². The molecule has 0 unspecified atom stereocenters. The van der Waals surface area contributed by atoms with E-state index >= 15 is 0 Å². The molecule has 0 fully saturated rings. The van der Waals surface area contributed by atoms with Gasteiger partial charge in [0.1, 0.15) is 5.82 Å². The van der Waals surface area contributed by atoms with E-state index in [0.717, 1.165) is 13.1 Å². The second kappa shape index (κ2) is 8.02. The summed E-state index contributed by atoms with van der Waals surface area (Å²) in [6.07, 6.45) is 1.45. The van der Waals surface area contributed by atoms with E-state index in [0.29, 0.717) is 16.5 Å². The third kappa shape index (κ3) is 5.24. The van der Waals surface area contributed by atoms with Crippen LogP contribution in [0.4, 0.5) is 11.5 Å². The van der Waals surface area contributed by atoms with Gasteiger partial charge in [-0.1, -0.05) is 23.2 Å². The van der Waals surface area contributed by atoms with Gasteiger partial charge in [0, 0.05) is 13.1 Å². The second-order valence-corrected chi connectivity index (χ2v) is 7.84. The van der Waals surface area contributed by atoms with Gasteiger partial charge < -0.3 is 10.2 Å². The predicted molar refractivity (Wildman–Crippen MR) is 98.6 cm³/mol. The quantitative estimate of drug-likeness (QED) is 0.761. The molecule has 2 N–H and O–H groups in total. The Bertz CT molecular complexity index is 796. The molecule has 0 saturated heterocycles. The summed E-state index contributed by atoms with van der Waals surface area (Å²) >= 11 is 11.7. The Hall–Kier alpha value is -1.54. The van der Waals surface area contributed by atoms with Crippen molar-refractivity contribution in [3.63, 3.8) is 0 Å². The number of pyridine rings is 1. The Morgan fingerprint density at radius 2 is 1.88 bits per heavy atom. The lowest BCUT2D eigenvalue weighted by Gasteiger charge is -2.12. The number of nitrogens with one attached hydrogen (secondary N) is 2. The number of anilines is 2. The van der Waals surface area contributed by atoms with E-state index < -0.39 is 10.0 Å². The van der Waals surface area contributed by atoms with E-state index in [1.807, 2.05) is 19.0 Å². The summed E-state index contributed by atoms with van der Waals surface area (Å²) in [5.41, 5.74) is 0.360. The summed E-state index contributed by atoms with van der Waals surface area (Å²) in [5.74, 6) is 0.675. The van der Waals surface area contributed by atoms with Crippen molar-refractivity contribution in [3.8, 4) is 0 Å². The summed E-state index contributed by atoms with van der Waals surface area (Å²) < 4.78 is 27.1. The van der Waals surface area contributed by atoms with Crippen LogP contribution < -0.4 is 10.0 Å². The molecule has 24 heavy (non-hydrogen) atoms. The molecule has 1 heterocycles. The Kier molecular flexibility index (Phi) is 6.28. The average Bonchev–Trinajstić information content (AvgIpc) is 2.51. The van der Waals surface area contributed by atoms with E-state index in [4.69, 9.17) is 23.2 Å². The van der Waals surface area contributed by atoms with Crippen LogP contribution in [0.15, 0.2) is 41.4 Å². The van der Waals surface area contributed by atoms with E-state index in [2.05, 4.69) is 15.0 Å². The zero-order valence-electron chi connectivity index (χ0n) is 13.3. The first-order valence-corrected chi connectivity index (χ1v) is 9.34. The van der Waals surface area contributed by atoms with Crippen molar-refractivity contribution in [2.75, 3.05) is 37.2 Å². The first-order valence-electron chi connectivity index (χ1n) is 7.10. The molecule has 2 rings (SSSR count). The van der Waals surface area contributed by atoms with E-state index in [1.54, 1.807) is 12.1 Å². The fourth-order valence-corrected chi connectivity index (χ4v) is 3.26. The molecule has 6 nitrogen and oxygen atoms in total. The highest BCUT2D eigenvalue weighted by Gasteiger charge is 2.15. The van der Waals surface area contributed by atoms with Gasteiger partial charge in [0.2, 0.25) is 0 Å². The molecule has 0 atom stereocenters. The van der Waals surface area contributed by atoms with Crippen LogP contribution >= 0.6 is 23.2 Å². The molecule has 0 amide bonds. The lowest BCUT2D eigenvalue weighted by Crippen LogP contribution is -2.21. The molecule has 0 bridgehead atoms. The molecular weight excluding hydrogens is 371 g/mol. The van der Waals surface area contributed by atoms with Gasteiger partial charge in [0.05, 0.1) is 26.8 Å². The monoisotopic (exact) mass is 388 g/mol. The molecule has 0 aliphatic carbocycles. The van der Waals surface area contributed by atoms with Crippen molar-refractivity contribution in [2.45, 2.75) is 4.90 Å². The van der Waals surface area contributed by atoms with Gasteiger partial charge in [0.15, 0.2) is 0 Å². The van der Waals surface area contributed by atoms with Gasteiger partial charge in [-0.15, -0.1) is 0 Å². The number of benzene rings is 1. The van der Waals surface area contributed by atoms with Crippen LogP contribution in [-0.2, 0) is 10.0 Å². The molecular formula is C15H18Cl2N4O2S. The smallest absolute Gasteiger partial charge is 0.261 e. The molecule has 1 aromatic heterocycles. The van der Waals surface area contributed by atoms with Crippen LogP contribution in [-0.4, -0.2) is 45.5 Å². The number of aromatic nitrogens is 1. The number of nitrogens with zero attached hydrogens (tertiary/aromatic N) is 2. The van der Waals surface area contributed by atoms with E-state index in [-0.39, 0.29) is 9.92 Å². The van der Waals surface area contributed by atoms with Crippen LogP contribution in [0, 0.1) is 0 Å². The minimum atomic E-state index is -3.75. The Balaban J connectivity index is 2.05. The number of hydrogen-bond acceptors (Lipinski definition) is 5. The maximum atomic E-state index is 12.3. The fraction of sp³-hybridized carbons (Fsp3) is 0.267. The molecule has 0 aliphatic heterocycles. The normalized spacial score (nSPS) is 11.5. The summed E-state index contributed by atoms with van der Waals surface area (Å²) in [6, 6.07) is 7.48. The Morgan fingerprint density at radius 1 is 1.12 bits per heavy atom.